The summed E-state index contributed by atoms with van der Waals surface area (Å²) in [6.07, 6.45) is 3.12. The molecule has 10 nitrogen and oxygen atoms in total. The van der Waals surface area contributed by atoms with Gasteiger partial charge in [-0.3, -0.25) is 9.78 Å². The topological polar surface area (TPSA) is 123 Å². The van der Waals surface area contributed by atoms with E-state index in [1.807, 2.05) is 27.0 Å². The van der Waals surface area contributed by atoms with Crippen molar-refractivity contribution in [2.24, 2.45) is 7.05 Å². The van der Waals surface area contributed by atoms with Crippen molar-refractivity contribution < 1.29 is 8.95 Å². The van der Waals surface area contributed by atoms with Gasteiger partial charge in [-0.05, 0) is 45.2 Å². The molecule has 0 aliphatic heterocycles. The van der Waals surface area contributed by atoms with E-state index in [1.165, 1.54) is 6.33 Å². The SMILES string of the molecule is CNS(=O)c1ccc(OC(C)C)c(Nc2ncnc3n[nH]c(-c4ccnn4C)c23)c1. The number of fused-ring (bicyclic) bond motifs is 1. The Morgan fingerprint density at radius 2 is 2.07 bits per heavy atom. The molecule has 4 rings (SSSR count). The highest BCUT2D eigenvalue weighted by Gasteiger charge is 2.18. The molecule has 3 heterocycles. The van der Waals surface area contributed by atoms with Crippen molar-refractivity contribution in [3.05, 3.63) is 36.8 Å². The largest absolute Gasteiger partial charge is 0.489 e. The summed E-state index contributed by atoms with van der Waals surface area (Å²) in [5, 5.41) is 15.6. The molecule has 0 fully saturated rings. The van der Waals surface area contributed by atoms with Crippen LogP contribution in [0.3, 0.4) is 0 Å². The van der Waals surface area contributed by atoms with E-state index < -0.39 is 11.0 Å². The van der Waals surface area contributed by atoms with Crippen molar-refractivity contribution in [2.75, 3.05) is 12.4 Å². The number of nitrogens with zero attached hydrogens (tertiary/aromatic N) is 5. The van der Waals surface area contributed by atoms with Crippen LogP contribution in [0.1, 0.15) is 13.8 Å². The van der Waals surface area contributed by atoms with E-state index in [9.17, 15) is 4.21 Å². The molecule has 3 aromatic heterocycles. The molecule has 156 valence electrons. The van der Waals surface area contributed by atoms with Crippen molar-refractivity contribution in [3.63, 3.8) is 0 Å². The zero-order valence-electron chi connectivity index (χ0n) is 17.0. The zero-order valence-corrected chi connectivity index (χ0v) is 17.8. The van der Waals surface area contributed by atoms with Gasteiger partial charge >= 0.3 is 0 Å². The van der Waals surface area contributed by atoms with Gasteiger partial charge in [0.1, 0.15) is 28.9 Å². The van der Waals surface area contributed by atoms with Gasteiger partial charge in [0.2, 0.25) is 0 Å². The Labute approximate surface area is 175 Å². The monoisotopic (exact) mass is 426 g/mol. The molecule has 11 heteroatoms. The fourth-order valence-electron chi connectivity index (χ4n) is 3.08. The maximum absolute atomic E-state index is 12.3. The van der Waals surface area contributed by atoms with E-state index in [4.69, 9.17) is 4.74 Å². The summed E-state index contributed by atoms with van der Waals surface area (Å²) in [5.74, 6) is 1.17. The minimum Gasteiger partial charge on any atom is -0.489 e. The van der Waals surface area contributed by atoms with E-state index in [0.717, 1.165) is 16.8 Å². The predicted octanol–water partition coefficient (Wildman–Crippen LogP) is 2.53. The highest BCUT2D eigenvalue weighted by atomic mass is 32.2. The zero-order chi connectivity index (χ0) is 21.3. The van der Waals surface area contributed by atoms with Crippen LogP contribution in [0.25, 0.3) is 22.4 Å². The number of aromatic nitrogens is 6. The number of aromatic amines is 1. The number of H-pyrrole nitrogens is 1. The maximum atomic E-state index is 12.3. The molecule has 1 aromatic carbocycles. The van der Waals surface area contributed by atoms with Crippen LogP contribution in [0, 0.1) is 0 Å². The second kappa shape index (κ2) is 8.20. The Bertz CT molecular complexity index is 1220. The Morgan fingerprint density at radius 1 is 1.23 bits per heavy atom. The third kappa shape index (κ3) is 3.76. The van der Waals surface area contributed by atoms with Crippen molar-refractivity contribution in [1.29, 1.82) is 0 Å². The first-order chi connectivity index (χ1) is 14.5. The van der Waals surface area contributed by atoms with Gasteiger partial charge in [-0.1, -0.05) is 0 Å². The number of aryl methyl sites for hydroxylation is 1. The molecule has 4 aromatic rings. The number of benzene rings is 1. The summed E-state index contributed by atoms with van der Waals surface area (Å²) >= 11 is 0. The lowest BCUT2D eigenvalue weighted by atomic mass is 10.2. The molecule has 1 atom stereocenters. The lowest BCUT2D eigenvalue weighted by Gasteiger charge is -2.17. The van der Waals surface area contributed by atoms with Crippen molar-refractivity contribution in [2.45, 2.75) is 24.8 Å². The molecule has 0 saturated heterocycles. The normalized spacial score (nSPS) is 12.4. The van der Waals surface area contributed by atoms with Gasteiger partial charge in [0.25, 0.3) is 0 Å². The van der Waals surface area contributed by atoms with Crippen LogP contribution in [-0.4, -0.2) is 47.3 Å². The third-order valence-electron chi connectivity index (χ3n) is 4.39. The van der Waals surface area contributed by atoms with E-state index in [0.29, 0.717) is 27.8 Å². The highest BCUT2D eigenvalue weighted by Crippen LogP contribution is 2.35. The maximum Gasteiger partial charge on any atom is 0.186 e. The van der Waals surface area contributed by atoms with Gasteiger partial charge in [-0.15, -0.1) is 0 Å². The molecule has 1 unspecified atom stereocenters. The van der Waals surface area contributed by atoms with Crippen LogP contribution in [0.15, 0.2) is 41.7 Å². The van der Waals surface area contributed by atoms with Gasteiger partial charge in [0.15, 0.2) is 5.65 Å². The van der Waals surface area contributed by atoms with Gasteiger partial charge in [-0.25, -0.2) is 18.9 Å². The molecule has 3 N–H and O–H groups in total. The molecule has 0 saturated carbocycles. The first-order valence-electron chi connectivity index (χ1n) is 9.32. The molecular formula is C19H22N8O2S. The number of hydrogen-bond acceptors (Lipinski definition) is 7. The third-order valence-corrected chi connectivity index (χ3v) is 5.45. The second-order valence-corrected chi connectivity index (χ2v) is 8.20. The Hall–Kier alpha value is -3.31. The average Bonchev–Trinajstić information content (AvgIpc) is 3.34. The van der Waals surface area contributed by atoms with Crippen molar-refractivity contribution >= 4 is 33.5 Å². The summed E-state index contributed by atoms with van der Waals surface area (Å²) in [6, 6.07) is 7.22. The number of hydrogen-bond donors (Lipinski definition) is 3. The lowest BCUT2D eigenvalue weighted by molar-refractivity contribution is 0.243. The molecular weight excluding hydrogens is 404 g/mol. The number of rotatable bonds is 7. The van der Waals surface area contributed by atoms with Crippen molar-refractivity contribution in [1.82, 2.24) is 34.7 Å². The predicted molar refractivity (Wildman–Crippen MR) is 115 cm³/mol. The fourth-order valence-corrected chi connectivity index (χ4v) is 3.73. The number of anilines is 2. The Balaban J connectivity index is 1.83. The molecule has 0 bridgehead atoms. The summed E-state index contributed by atoms with van der Waals surface area (Å²) < 4.78 is 22.7. The van der Waals surface area contributed by atoms with E-state index in [1.54, 1.807) is 36.1 Å². The van der Waals surface area contributed by atoms with Crippen LogP contribution in [0.5, 0.6) is 5.75 Å². The number of ether oxygens (including phenoxy) is 1. The quantitative estimate of drug-likeness (QED) is 0.415. The molecule has 0 spiro atoms. The van der Waals surface area contributed by atoms with Crippen LogP contribution in [0.2, 0.25) is 0 Å². The van der Waals surface area contributed by atoms with Crippen LogP contribution >= 0.6 is 0 Å². The lowest BCUT2D eigenvalue weighted by Crippen LogP contribution is -2.12. The minimum atomic E-state index is -1.34. The van der Waals surface area contributed by atoms with E-state index in [2.05, 4.69) is 35.3 Å². The first-order valence-corrected chi connectivity index (χ1v) is 10.5. The average molecular weight is 427 g/mol. The van der Waals surface area contributed by atoms with Crippen LogP contribution in [0.4, 0.5) is 11.5 Å². The minimum absolute atomic E-state index is 0.0319. The summed E-state index contributed by atoms with van der Waals surface area (Å²) in [7, 11) is 2.15. The van der Waals surface area contributed by atoms with Crippen LogP contribution < -0.4 is 14.8 Å². The van der Waals surface area contributed by atoms with Gasteiger partial charge in [-0.2, -0.15) is 10.2 Å². The summed E-state index contributed by atoms with van der Waals surface area (Å²) in [5.41, 5.74) is 2.75. The van der Waals surface area contributed by atoms with Gasteiger partial charge < -0.3 is 10.1 Å². The number of nitrogens with one attached hydrogen (secondary N) is 3. The van der Waals surface area contributed by atoms with E-state index >= 15 is 0 Å². The highest BCUT2D eigenvalue weighted by molar-refractivity contribution is 7.83. The summed E-state index contributed by atoms with van der Waals surface area (Å²) in [6.45, 7) is 3.89. The van der Waals surface area contributed by atoms with Crippen molar-refractivity contribution in [3.8, 4) is 17.1 Å². The molecule has 0 aliphatic carbocycles. The summed E-state index contributed by atoms with van der Waals surface area (Å²) in [4.78, 5) is 9.30. The Morgan fingerprint density at radius 3 is 2.77 bits per heavy atom. The van der Waals surface area contributed by atoms with Gasteiger partial charge in [0, 0.05) is 13.2 Å². The Kier molecular flexibility index (Phi) is 5.46. The molecule has 0 amide bonds. The van der Waals surface area contributed by atoms with E-state index in [-0.39, 0.29) is 6.10 Å². The first kappa shape index (κ1) is 20.0. The fraction of sp³-hybridized carbons (Fsp3) is 0.263. The van der Waals surface area contributed by atoms with Crippen LogP contribution in [-0.2, 0) is 18.0 Å². The van der Waals surface area contributed by atoms with Gasteiger partial charge in [0.05, 0.1) is 33.5 Å². The standard InChI is InChI=1S/C19H22N8O2S/c1-11(2)29-15-6-5-12(30(28)20-3)9-13(15)24-18-16-17(14-7-8-23-27(14)4)25-26-19(16)22-10-21-18/h5-11,20H,1-4H3,(H2,21,22,24,25,26). The smallest absolute Gasteiger partial charge is 0.186 e. The molecule has 0 aliphatic rings. The second-order valence-electron chi connectivity index (χ2n) is 6.78. The molecule has 30 heavy (non-hydrogen) atoms. The molecule has 0 radical (unpaired) electrons.